The summed E-state index contributed by atoms with van der Waals surface area (Å²) >= 11 is 0. The summed E-state index contributed by atoms with van der Waals surface area (Å²) in [5.74, 6) is -1.15. The first kappa shape index (κ1) is 27.6. The smallest absolute Gasteiger partial charge is 0.375 e. The first-order valence-corrected chi connectivity index (χ1v) is 13.5. The monoisotopic (exact) mass is 545 g/mol. The molecule has 210 valence electrons. The average molecular weight is 546 g/mol. The number of ether oxygens (including phenoxy) is 2. The maximum Gasteiger partial charge on any atom is 0.416 e. The van der Waals surface area contributed by atoms with E-state index in [1.165, 1.54) is 23.3 Å². The van der Waals surface area contributed by atoms with Crippen molar-refractivity contribution in [2.75, 3.05) is 26.2 Å². The van der Waals surface area contributed by atoms with Gasteiger partial charge in [-0.25, -0.2) is 0 Å². The molecule has 2 fully saturated rings. The molecule has 2 amide bonds. The molecular formula is C29H34F3N3O4. The van der Waals surface area contributed by atoms with Gasteiger partial charge in [0.2, 0.25) is 5.91 Å². The van der Waals surface area contributed by atoms with Crippen LogP contribution in [0, 0.1) is 0 Å². The quantitative estimate of drug-likeness (QED) is 0.550. The summed E-state index contributed by atoms with van der Waals surface area (Å²) in [6, 6.07) is 12.7. The molecule has 2 atom stereocenters. The minimum atomic E-state index is -4.55. The van der Waals surface area contributed by atoms with Crippen molar-refractivity contribution in [3.63, 3.8) is 0 Å². The van der Waals surface area contributed by atoms with Crippen LogP contribution in [0.15, 0.2) is 48.5 Å². The number of benzene rings is 2. The predicted molar refractivity (Wildman–Crippen MR) is 138 cm³/mol. The largest absolute Gasteiger partial charge is 0.416 e. The fraction of sp³-hybridized carbons (Fsp3) is 0.517. The van der Waals surface area contributed by atoms with Gasteiger partial charge in [-0.1, -0.05) is 30.3 Å². The number of rotatable bonds is 7. The summed E-state index contributed by atoms with van der Waals surface area (Å²) < 4.78 is 51.1. The van der Waals surface area contributed by atoms with Gasteiger partial charge in [0.15, 0.2) is 0 Å². The molecule has 2 aliphatic heterocycles. The number of fused-ring (bicyclic) bond motifs is 2. The molecule has 1 unspecified atom stereocenters. The van der Waals surface area contributed by atoms with E-state index in [1.807, 2.05) is 6.92 Å². The van der Waals surface area contributed by atoms with Crippen molar-refractivity contribution < 1.29 is 32.2 Å². The van der Waals surface area contributed by atoms with Crippen LogP contribution in [-0.4, -0.2) is 61.1 Å². The van der Waals surface area contributed by atoms with Crippen LogP contribution in [0.25, 0.3) is 0 Å². The van der Waals surface area contributed by atoms with Gasteiger partial charge in [0.1, 0.15) is 0 Å². The molecule has 0 aromatic heterocycles. The first-order valence-electron chi connectivity index (χ1n) is 13.5. The fourth-order valence-corrected chi connectivity index (χ4v) is 6.21. The van der Waals surface area contributed by atoms with Crippen LogP contribution in [-0.2, 0) is 32.7 Å². The highest BCUT2D eigenvalue weighted by Crippen LogP contribution is 2.47. The van der Waals surface area contributed by atoms with E-state index in [-0.39, 0.29) is 29.9 Å². The molecule has 2 heterocycles. The summed E-state index contributed by atoms with van der Waals surface area (Å²) in [5.41, 5.74) is 1.33. The molecule has 1 saturated carbocycles. The second-order valence-electron chi connectivity index (χ2n) is 10.6. The fourth-order valence-electron chi connectivity index (χ4n) is 6.21. The number of hydrogen-bond donors (Lipinski definition) is 2. The SMILES string of the molecule is CCO[C@H]1CN(C2CCC3(CC2)OCc2ccccc23)CC1NC(=O)CNC(=O)c1cccc(C(F)(F)F)c1. The zero-order valence-electron chi connectivity index (χ0n) is 21.9. The summed E-state index contributed by atoms with van der Waals surface area (Å²) in [4.78, 5) is 27.4. The molecule has 1 aliphatic carbocycles. The van der Waals surface area contributed by atoms with Gasteiger partial charge in [-0.05, 0) is 61.9 Å². The maximum atomic E-state index is 13.0. The Balaban J connectivity index is 1.14. The molecule has 0 radical (unpaired) electrons. The van der Waals surface area contributed by atoms with E-state index < -0.39 is 23.6 Å². The summed E-state index contributed by atoms with van der Waals surface area (Å²) in [7, 11) is 0. The Morgan fingerprint density at radius 3 is 2.62 bits per heavy atom. The maximum absolute atomic E-state index is 13.0. The van der Waals surface area contributed by atoms with E-state index in [2.05, 4.69) is 39.8 Å². The van der Waals surface area contributed by atoms with Crippen LogP contribution in [0.3, 0.4) is 0 Å². The summed E-state index contributed by atoms with van der Waals surface area (Å²) in [5, 5.41) is 5.38. The summed E-state index contributed by atoms with van der Waals surface area (Å²) in [6.45, 7) is 4.08. The van der Waals surface area contributed by atoms with E-state index in [0.29, 0.717) is 32.3 Å². The van der Waals surface area contributed by atoms with E-state index >= 15 is 0 Å². The number of nitrogens with one attached hydrogen (secondary N) is 2. The van der Waals surface area contributed by atoms with Crippen LogP contribution in [0.5, 0.6) is 0 Å². The number of carbonyl (C=O) groups excluding carboxylic acids is 2. The molecule has 5 rings (SSSR count). The van der Waals surface area contributed by atoms with Gasteiger partial charge in [-0.15, -0.1) is 0 Å². The van der Waals surface area contributed by atoms with Gasteiger partial charge in [0, 0.05) is 31.3 Å². The van der Waals surface area contributed by atoms with Crippen LogP contribution in [0.1, 0.15) is 59.7 Å². The third-order valence-electron chi connectivity index (χ3n) is 8.17. The average Bonchev–Trinajstić information content (AvgIpc) is 3.49. The highest BCUT2D eigenvalue weighted by Gasteiger charge is 2.46. The lowest BCUT2D eigenvalue weighted by molar-refractivity contribution is -0.137. The topological polar surface area (TPSA) is 79.9 Å². The molecule has 39 heavy (non-hydrogen) atoms. The van der Waals surface area contributed by atoms with Gasteiger partial charge < -0.3 is 20.1 Å². The zero-order valence-corrected chi connectivity index (χ0v) is 21.9. The molecule has 3 aliphatic rings. The predicted octanol–water partition coefficient (Wildman–Crippen LogP) is 4.01. The molecule has 2 N–H and O–H groups in total. The van der Waals surface area contributed by atoms with Crippen molar-refractivity contribution in [1.82, 2.24) is 15.5 Å². The normalized spacial score (nSPS) is 26.9. The number of halogens is 3. The lowest BCUT2D eigenvalue weighted by Crippen LogP contribution is -2.48. The van der Waals surface area contributed by atoms with Gasteiger partial charge in [-0.2, -0.15) is 13.2 Å². The van der Waals surface area contributed by atoms with E-state index in [0.717, 1.165) is 37.8 Å². The van der Waals surface area contributed by atoms with E-state index in [4.69, 9.17) is 9.47 Å². The van der Waals surface area contributed by atoms with E-state index in [9.17, 15) is 22.8 Å². The lowest BCUT2D eigenvalue weighted by Gasteiger charge is -2.40. The van der Waals surface area contributed by atoms with Crippen molar-refractivity contribution in [2.45, 2.75) is 69.2 Å². The molecule has 0 bridgehead atoms. The first-order chi connectivity index (χ1) is 18.7. The number of carbonyl (C=O) groups is 2. The molecule has 2 aromatic rings. The van der Waals surface area contributed by atoms with Crippen molar-refractivity contribution in [3.8, 4) is 0 Å². The van der Waals surface area contributed by atoms with Crippen LogP contribution in [0.2, 0.25) is 0 Å². The number of alkyl halides is 3. The van der Waals surface area contributed by atoms with Crippen molar-refractivity contribution in [2.24, 2.45) is 0 Å². The molecule has 1 spiro atoms. The van der Waals surface area contributed by atoms with Crippen molar-refractivity contribution in [1.29, 1.82) is 0 Å². The molecule has 10 heteroatoms. The van der Waals surface area contributed by atoms with Crippen LogP contribution < -0.4 is 10.6 Å². The third kappa shape index (κ3) is 5.97. The number of likely N-dealkylation sites (tertiary alicyclic amines) is 1. The third-order valence-corrected chi connectivity index (χ3v) is 8.17. The van der Waals surface area contributed by atoms with Gasteiger partial charge >= 0.3 is 6.18 Å². The minimum Gasteiger partial charge on any atom is -0.375 e. The lowest BCUT2D eigenvalue weighted by atomic mass is 9.77. The Hall–Kier alpha value is -2.95. The molecule has 7 nitrogen and oxygen atoms in total. The van der Waals surface area contributed by atoms with Gasteiger partial charge in [0.25, 0.3) is 5.91 Å². The Kier molecular flexibility index (Phi) is 7.98. The Labute approximate surface area is 226 Å². The Morgan fingerprint density at radius 1 is 1.10 bits per heavy atom. The highest BCUT2D eigenvalue weighted by atomic mass is 19.4. The minimum absolute atomic E-state index is 0.152. The summed E-state index contributed by atoms with van der Waals surface area (Å²) in [6.07, 6.45) is -0.866. The number of nitrogens with zero attached hydrogens (tertiary/aromatic N) is 1. The second kappa shape index (κ2) is 11.3. The molecule has 1 saturated heterocycles. The standard InChI is InChI=1S/C29H34F3N3O4/c1-2-38-25-17-35(22-10-12-28(13-11-22)23-9-4-3-6-20(23)18-39-28)16-24(25)34-26(36)15-33-27(37)19-7-5-8-21(14-19)29(30,31)32/h3-9,14,22,24-25H,2,10-13,15-18H2,1H3,(H,33,37)(H,34,36)/t22?,24?,25-,28?/m0/s1. The van der Waals surface area contributed by atoms with Crippen LogP contribution >= 0.6 is 0 Å². The van der Waals surface area contributed by atoms with Crippen molar-refractivity contribution in [3.05, 3.63) is 70.8 Å². The second-order valence-corrected chi connectivity index (χ2v) is 10.6. The van der Waals surface area contributed by atoms with E-state index in [1.54, 1.807) is 0 Å². The van der Waals surface area contributed by atoms with Crippen molar-refractivity contribution >= 4 is 11.8 Å². The Bertz CT molecular complexity index is 1200. The van der Waals surface area contributed by atoms with Crippen LogP contribution in [0.4, 0.5) is 13.2 Å². The zero-order chi connectivity index (χ0) is 27.6. The molecular weight excluding hydrogens is 511 g/mol. The Morgan fingerprint density at radius 2 is 1.87 bits per heavy atom. The molecule has 2 aromatic carbocycles. The number of amides is 2. The number of hydrogen-bond acceptors (Lipinski definition) is 5. The van der Waals surface area contributed by atoms with Gasteiger partial charge in [-0.3, -0.25) is 14.5 Å². The van der Waals surface area contributed by atoms with Gasteiger partial charge in [0.05, 0.1) is 36.5 Å². The highest BCUT2D eigenvalue weighted by molar-refractivity contribution is 5.96.